The number of aromatic nitrogens is 2. The van der Waals surface area contributed by atoms with Crippen LogP contribution in [0, 0.1) is 0 Å². The molecule has 0 N–H and O–H groups in total. The number of hydrogen-bond acceptors (Lipinski definition) is 0. The molecule has 2 nitrogen and oxygen atoms in total. The van der Waals surface area contributed by atoms with E-state index in [1.54, 1.807) is 0 Å². The van der Waals surface area contributed by atoms with Crippen LogP contribution in [-0.4, -0.2) is 4.57 Å². The number of benzene rings is 3. The van der Waals surface area contributed by atoms with Gasteiger partial charge in [-0.25, -0.2) is 4.57 Å². The van der Waals surface area contributed by atoms with Crippen molar-refractivity contribution < 1.29 is 4.57 Å². The van der Waals surface area contributed by atoms with E-state index >= 15 is 0 Å². The van der Waals surface area contributed by atoms with Crippen molar-refractivity contribution >= 4 is 11.0 Å². The van der Waals surface area contributed by atoms with Gasteiger partial charge in [0.2, 0.25) is 0 Å². The van der Waals surface area contributed by atoms with E-state index in [-0.39, 0.29) is 5.54 Å². The molecule has 1 aromatic heterocycles. The van der Waals surface area contributed by atoms with Gasteiger partial charge in [-0.1, -0.05) is 76.2 Å². The van der Waals surface area contributed by atoms with E-state index in [2.05, 4.69) is 110 Å². The monoisotopic (exact) mass is 395 g/mol. The third-order valence-corrected chi connectivity index (χ3v) is 7.16. The van der Waals surface area contributed by atoms with Crippen LogP contribution in [0.25, 0.3) is 28.1 Å². The molecule has 0 bridgehead atoms. The second-order valence-corrected chi connectivity index (χ2v) is 8.96. The van der Waals surface area contributed by atoms with Gasteiger partial charge in [0.05, 0.1) is 5.56 Å². The average Bonchev–Trinajstić information content (AvgIpc) is 3.14. The highest BCUT2D eigenvalue weighted by Gasteiger charge is 2.46. The zero-order valence-corrected chi connectivity index (χ0v) is 18.5. The van der Waals surface area contributed by atoms with Gasteiger partial charge in [0.1, 0.15) is 11.2 Å². The summed E-state index contributed by atoms with van der Waals surface area (Å²) in [5.74, 6) is 1.79. The van der Waals surface area contributed by atoms with Crippen molar-refractivity contribution in [1.82, 2.24) is 4.57 Å². The maximum atomic E-state index is 2.67. The van der Waals surface area contributed by atoms with Gasteiger partial charge < -0.3 is 0 Å². The smallest absolute Gasteiger partial charge is 0.217 e. The number of nitrogens with zero attached hydrogens (tertiary/aromatic N) is 2. The van der Waals surface area contributed by atoms with Crippen LogP contribution in [0.3, 0.4) is 0 Å². The summed E-state index contributed by atoms with van der Waals surface area (Å²) >= 11 is 0. The lowest BCUT2D eigenvalue weighted by Crippen LogP contribution is -2.60. The maximum absolute atomic E-state index is 2.67. The maximum Gasteiger partial charge on any atom is 0.295 e. The van der Waals surface area contributed by atoms with E-state index < -0.39 is 0 Å². The Hall–Kier alpha value is -2.87. The van der Waals surface area contributed by atoms with Crippen LogP contribution in [0.2, 0.25) is 0 Å². The number of fused-ring (bicyclic) bond motifs is 5. The van der Waals surface area contributed by atoms with Crippen molar-refractivity contribution in [3.05, 3.63) is 83.9 Å². The predicted octanol–water partition coefficient (Wildman–Crippen LogP) is 6.78. The van der Waals surface area contributed by atoms with Gasteiger partial charge in [-0.15, -0.1) is 0 Å². The fourth-order valence-electron chi connectivity index (χ4n) is 5.46. The summed E-state index contributed by atoms with van der Waals surface area (Å²) in [6.07, 6.45) is 3.33. The molecule has 0 amide bonds. The van der Waals surface area contributed by atoms with Crippen LogP contribution in [0.15, 0.2) is 72.8 Å². The molecule has 4 aromatic rings. The minimum atomic E-state index is 0.0985. The first-order chi connectivity index (χ1) is 14.6. The third kappa shape index (κ3) is 2.59. The zero-order chi connectivity index (χ0) is 20.9. The molecule has 1 aliphatic rings. The average molecular weight is 396 g/mol. The summed E-state index contributed by atoms with van der Waals surface area (Å²) in [6.45, 7) is 9.28. The van der Waals surface area contributed by atoms with Crippen molar-refractivity contribution in [3.63, 3.8) is 0 Å². The lowest BCUT2D eigenvalue weighted by molar-refractivity contribution is -0.736. The second kappa shape index (κ2) is 7.12. The predicted molar refractivity (Wildman–Crippen MR) is 125 cm³/mol. The summed E-state index contributed by atoms with van der Waals surface area (Å²) < 4.78 is 5.20. The summed E-state index contributed by atoms with van der Waals surface area (Å²) in [7, 11) is 0. The minimum absolute atomic E-state index is 0.0985. The number of imidazole rings is 1. The summed E-state index contributed by atoms with van der Waals surface area (Å²) in [5.41, 5.74) is 8.25. The highest BCUT2D eigenvalue weighted by Crippen LogP contribution is 2.41. The topological polar surface area (TPSA) is 8.81 Å². The van der Waals surface area contributed by atoms with Gasteiger partial charge >= 0.3 is 0 Å². The van der Waals surface area contributed by atoms with Crippen LogP contribution in [0.4, 0.5) is 0 Å². The van der Waals surface area contributed by atoms with Crippen LogP contribution in [-0.2, 0) is 12.0 Å². The Morgan fingerprint density at radius 2 is 1.53 bits per heavy atom. The van der Waals surface area contributed by atoms with E-state index in [4.69, 9.17) is 0 Å². The van der Waals surface area contributed by atoms with Crippen LogP contribution >= 0.6 is 0 Å². The quantitative estimate of drug-likeness (QED) is 0.337. The SMILES string of the molecule is CCC1(CC)Cc2ccccc2-c2n(-c3ccccc3C(C)C)c3ccccc3[n+]21. The largest absolute Gasteiger partial charge is 0.295 e. The Morgan fingerprint density at radius 1 is 0.867 bits per heavy atom. The van der Waals surface area contributed by atoms with Gasteiger partial charge in [0.25, 0.3) is 5.82 Å². The molecule has 0 aliphatic carbocycles. The summed E-state index contributed by atoms with van der Waals surface area (Å²) in [6, 6.07) is 26.9. The molecule has 152 valence electrons. The lowest BCUT2D eigenvalue weighted by Gasteiger charge is -2.34. The Kier molecular flexibility index (Phi) is 4.54. The number of rotatable bonds is 4. The number of para-hydroxylation sites is 3. The Labute approximate surface area is 179 Å². The van der Waals surface area contributed by atoms with Gasteiger partial charge in [0.15, 0.2) is 11.0 Å². The molecule has 5 rings (SSSR count). The fraction of sp³-hybridized carbons (Fsp3) is 0.321. The molecular formula is C28H31N2+. The Bertz CT molecular complexity index is 1220. The van der Waals surface area contributed by atoms with Gasteiger partial charge in [-0.2, -0.15) is 4.57 Å². The van der Waals surface area contributed by atoms with Gasteiger partial charge in [0, 0.05) is 12.0 Å². The van der Waals surface area contributed by atoms with E-state index in [0.29, 0.717) is 5.92 Å². The normalized spacial score (nSPS) is 14.7. The van der Waals surface area contributed by atoms with Crippen molar-refractivity contribution in [2.24, 2.45) is 0 Å². The zero-order valence-electron chi connectivity index (χ0n) is 18.5. The first kappa shape index (κ1) is 19.1. The Morgan fingerprint density at radius 3 is 2.30 bits per heavy atom. The standard InChI is InChI=1S/C28H31N2/c1-5-28(6-2)19-21-13-7-8-15-23(21)27-29(24-16-10-9-14-22(24)20(3)4)25-17-11-12-18-26(25)30(27)28/h7-18,20H,5-6,19H2,1-4H3/q+1. The molecule has 0 radical (unpaired) electrons. The molecule has 0 saturated carbocycles. The molecule has 2 heteroatoms. The first-order valence-corrected chi connectivity index (χ1v) is 11.3. The Balaban J connectivity index is 1.99. The summed E-state index contributed by atoms with van der Waals surface area (Å²) in [4.78, 5) is 0. The van der Waals surface area contributed by atoms with Gasteiger partial charge in [-0.05, 0) is 48.6 Å². The molecule has 2 heterocycles. The molecule has 0 fully saturated rings. The molecule has 0 saturated heterocycles. The van der Waals surface area contributed by atoms with E-state index in [9.17, 15) is 0 Å². The molecule has 0 spiro atoms. The highest BCUT2D eigenvalue weighted by molar-refractivity contribution is 5.81. The van der Waals surface area contributed by atoms with Crippen LogP contribution < -0.4 is 4.57 Å². The lowest BCUT2D eigenvalue weighted by atomic mass is 9.80. The molecule has 0 atom stereocenters. The van der Waals surface area contributed by atoms with Crippen LogP contribution in [0.1, 0.15) is 57.6 Å². The fourth-order valence-corrected chi connectivity index (χ4v) is 5.46. The molecule has 1 aliphatic heterocycles. The number of hydrogen-bond donors (Lipinski definition) is 0. The second-order valence-electron chi connectivity index (χ2n) is 8.96. The van der Waals surface area contributed by atoms with E-state index in [1.165, 1.54) is 39.2 Å². The van der Waals surface area contributed by atoms with Crippen molar-refractivity contribution in [1.29, 1.82) is 0 Å². The van der Waals surface area contributed by atoms with Crippen molar-refractivity contribution in [2.75, 3.05) is 0 Å². The van der Waals surface area contributed by atoms with Crippen molar-refractivity contribution in [3.8, 4) is 17.1 Å². The van der Waals surface area contributed by atoms with E-state index in [0.717, 1.165) is 19.3 Å². The van der Waals surface area contributed by atoms with Gasteiger partial charge in [-0.3, -0.25) is 0 Å². The highest BCUT2D eigenvalue weighted by atomic mass is 15.2. The van der Waals surface area contributed by atoms with E-state index in [1.807, 2.05) is 0 Å². The summed E-state index contributed by atoms with van der Waals surface area (Å²) in [5, 5.41) is 0. The third-order valence-electron chi connectivity index (χ3n) is 7.16. The minimum Gasteiger partial charge on any atom is -0.217 e. The molecule has 0 unspecified atom stereocenters. The first-order valence-electron chi connectivity index (χ1n) is 11.3. The molecule has 30 heavy (non-hydrogen) atoms. The van der Waals surface area contributed by atoms with Crippen LogP contribution in [0.5, 0.6) is 0 Å². The van der Waals surface area contributed by atoms with Crippen molar-refractivity contribution in [2.45, 2.75) is 58.4 Å². The molecule has 3 aromatic carbocycles. The molecular weight excluding hydrogens is 364 g/mol.